The van der Waals surface area contributed by atoms with Gasteiger partial charge in [0.15, 0.2) is 17.3 Å². The lowest BCUT2D eigenvalue weighted by Crippen LogP contribution is -2.47. The summed E-state index contributed by atoms with van der Waals surface area (Å²) in [6.45, 7) is 1.88. The van der Waals surface area contributed by atoms with E-state index >= 15 is 0 Å². The van der Waals surface area contributed by atoms with E-state index in [0.717, 1.165) is 6.07 Å². The Hall–Kier alpha value is -3.11. The van der Waals surface area contributed by atoms with Crippen LogP contribution in [0.15, 0.2) is 30.6 Å². The summed E-state index contributed by atoms with van der Waals surface area (Å²) in [5, 5.41) is 3.98. The number of halogens is 4. The fourth-order valence-corrected chi connectivity index (χ4v) is 3.21. The predicted octanol–water partition coefficient (Wildman–Crippen LogP) is 2.62. The van der Waals surface area contributed by atoms with Crippen LogP contribution in [0.3, 0.4) is 0 Å². The first-order valence-electron chi connectivity index (χ1n) is 8.48. The Balaban J connectivity index is 1.57. The zero-order valence-electron chi connectivity index (χ0n) is 14.8. The van der Waals surface area contributed by atoms with Crippen LogP contribution in [0.5, 0.6) is 5.75 Å². The van der Waals surface area contributed by atoms with Gasteiger partial charge in [0.05, 0.1) is 7.11 Å². The van der Waals surface area contributed by atoms with Gasteiger partial charge in [-0.3, -0.25) is 0 Å². The number of nitrogens with zero attached hydrogens (tertiary/aromatic N) is 6. The molecule has 1 aliphatic rings. The molecule has 0 radical (unpaired) electrons. The highest BCUT2D eigenvalue weighted by molar-refractivity contribution is 5.53. The summed E-state index contributed by atoms with van der Waals surface area (Å²) in [6, 6.07) is 5.67. The van der Waals surface area contributed by atoms with Crippen molar-refractivity contribution >= 4 is 17.3 Å². The van der Waals surface area contributed by atoms with E-state index in [9.17, 15) is 17.6 Å². The first-order chi connectivity index (χ1) is 13.4. The molecule has 1 aromatic carbocycles. The van der Waals surface area contributed by atoms with E-state index in [1.54, 1.807) is 17.0 Å². The zero-order valence-corrected chi connectivity index (χ0v) is 14.8. The van der Waals surface area contributed by atoms with Crippen molar-refractivity contribution in [3.63, 3.8) is 0 Å². The summed E-state index contributed by atoms with van der Waals surface area (Å²) in [5.74, 6) is -0.136. The molecule has 0 saturated carbocycles. The molecule has 1 saturated heterocycles. The lowest BCUT2D eigenvalue weighted by Gasteiger charge is -2.37. The van der Waals surface area contributed by atoms with Crippen molar-refractivity contribution < 1.29 is 22.3 Å². The van der Waals surface area contributed by atoms with E-state index in [2.05, 4.69) is 15.1 Å². The van der Waals surface area contributed by atoms with Crippen molar-refractivity contribution in [2.24, 2.45) is 0 Å². The van der Waals surface area contributed by atoms with Crippen LogP contribution in [0.25, 0.3) is 5.78 Å². The van der Waals surface area contributed by atoms with Gasteiger partial charge in [0.2, 0.25) is 0 Å². The molecule has 1 fully saturated rings. The molecule has 0 amide bonds. The second-order valence-electron chi connectivity index (χ2n) is 6.26. The van der Waals surface area contributed by atoms with Crippen LogP contribution in [0, 0.1) is 5.82 Å². The summed E-state index contributed by atoms with van der Waals surface area (Å²) in [4.78, 5) is 11.1. The van der Waals surface area contributed by atoms with Gasteiger partial charge >= 0.3 is 6.18 Å². The van der Waals surface area contributed by atoms with E-state index in [-0.39, 0.29) is 17.3 Å². The van der Waals surface area contributed by atoms with Crippen molar-refractivity contribution in [2.75, 3.05) is 43.1 Å². The maximum Gasteiger partial charge on any atom is 0.433 e. The molecule has 7 nitrogen and oxygen atoms in total. The Morgan fingerprint density at radius 2 is 1.75 bits per heavy atom. The average molecular weight is 396 g/mol. The Kier molecular flexibility index (Phi) is 4.44. The number of piperazine rings is 1. The van der Waals surface area contributed by atoms with Gasteiger partial charge in [0.1, 0.15) is 12.1 Å². The second kappa shape index (κ2) is 6.80. The van der Waals surface area contributed by atoms with Crippen molar-refractivity contribution in [3.05, 3.63) is 42.1 Å². The minimum Gasteiger partial charge on any atom is -0.494 e. The third-order valence-corrected chi connectivity index (χ3v) is 4.63. The molecule has 0 bridgehead atoms. The number of benzene rings is 1. The Labute approximate surface area is 157 Å². The monoisotopic (exact) mass is 396 g/mol. The van der Waals surface area contributed by atoms with Crippen molar-refractivity contribution in [2.45, 2.75) is 6.18 Å². The number of anilines is 2. The molecule has 3 aromatic rings. The molecule has 0 atom stereocenters. The van der Waals surface area contributed by atoms with E-state index in [4.69, 9.17) is 4.74 Å². The molecule has 0 unspecified atom stereocenters. The topological polar surface area (TPSA) is 58.8 Å². The van der Waals surface area contributed by atoms with Gasteiger partial charge in [-0.05, 0) is 12.1 Å². The van der Waals surface area contributed by atoms with Crippen LogP contribution in [0.1, 0.15) is 5.69 Å². The number of alkyl halides is 3. The zero-order chi connectivity index (χ0) is 19.9. The fourth-order valence-electron chi connectivity index (χ4n) is 3.21. The smallest absolute Gasteiger partial charge is 0.433 e. The maximum atomic E-state index is 13.9. The molecule has 1 aliphatic heterocycles. The van der Waals surface area contributed by atoms with E-state index < -0.39 is 17.7 Å². The van der Waals surface area contributed by atoms with Gasteiger partial charge in [-0.15, -0.1) is 0 Å². The summed E-state index contributed by atoms with van der Waals surface area (Å²) in [7, 11) is 1.39. The lowest BCUT2D eigenvalue weighted by molar-refractivity contribution is -0.141. The largest absolute Gasteiger partial charge is 0.494 e. The van der Waals surface area contributed by atoms with E-state index in [1.807, 2.05) is 4.90 Å². The predicted molar refractivity (Wildman–Crippen MR) is 93.2 cm³/mol. The molecular weight excluding hydrogens is 380 g/mol. The molecular formula is C17H16F4N6O. The molecule has 3 heterocycles. The summed E-state index contributed by atoms with van der Waals surface area (Å²) in [5.41, 5.74) is -0.322. The third kappa shape index (κ3) is 3.27. The Morgan fingerprint density at radius 3 is 2.39 bits per heavy atom. The number of rotatable bonds is 3. The van der Waals surface area contributed by atoms with Crippen LogP contribution < -0.4 is 14.5 Å². The fraction of sp³-hybridized carbons (Fsp3) is 0.353. The molecule has 148 valence electrons. The van der Waals surface area contributed by atoms with Crippen molar-refractivity contribution in [1.82, 2.24) is 19.6 Å². The molecule has 0 aliphatic carbocycles. The molecule has 4 rings (SSSR count). The van der Waals surface area contributed by atoms with Crippen LogP contribution in [0.4, 0.5) is 29.1 Å². The third-order valence-electron chi connectivity index (χ3n) is 4.63. The van der Waals surface area contributed by atoms with Crippen molar-refractivity contribution in [3.8, 4) is 5.75 Å². The SMILES string of the molecule is COc1ccc(N2CCN(c3cc(C(F)(F)F)nc4ncnn34)CC2)cc1F. The van der Waals surface area contributed by atoms with Gasteiger partial charge in [-0.25, -0.2) is 9.37 Å². The van der Waals surface area contributed by atoms with Gasteiger partial charge in [0, 0.05) is 44.0 Å². The van der Waals surface area contributed by atoms with E-state index in [1.165, 1.54) is 24.0 Å². The summed E-state index contributed by atoms with van der Waals surface area (Å²) in [6.07, 6.45) is -3.41. The van der Waals surface area contributed by atoms with Gasteiger partial charge in [-0.1, -0.05) is 0 Å². The van der Waals surface area contributed by atoms with Gasteiger partial charge in [-0.2, -0.15) is 27.8 Å². The Morgan fingerprint density at radius 1 is 1.04 bits per heavy atom. The maximum absolute atomic E-state index is 13.9. The number of hydrogen-bond acceptors (Lipinski definition) is 6. The first-order valence-corrected chi connectivity index (χ1v) is 8.48. The van der Waals surface area contributed by atoms with Crippen LogP contribution >= 0.6 is 0 Å². The minimum absolute atomic E-state index is 0.107. The Bertz CT molecular complexity index is 997. The standard InChI is InChI=1S/C17H16F4N6O/c1-28-13-3-2-11(8-12(13)18)25-4-6-26(7-5-25)15-9-14(17(19,20)21)24-16-22-10-23-27(15)16/h2-3,8-10H,4-7H2,1H3. The molecule has 2 aromatic heterocycles. The number of methoxy groups -OCH3 is 1. The van der Waals surface area contributed by atoms with Gasteiger partial charge in [0.25, 0.3) is 5.78 Å². The summed E-state index contributed by atoms with van der Waals surface area (Å²) < 4.78 is 59.6. The highest BCUT2D eigenvalue weighted by Gasteiger charge is 2.35. The highest BCUT2D eigenvalue weighted by atomic mass is 19.4. The lowest BCUT2D eigenvalue weighted by atomic mass is 10.2. The van der Waals surface area contributed by atoms with Crippen molar-refractivity contribution in [1.29, 1.82) is 0 Å². The second-order valence-corrected chi connectivity index (χ2v) is 6.26. The van der Waals surface area contributed by atoms with Crippen LogP contribution in [-0.4, -0.2) is 52.9 Å². The van der Waals surface area contributed by atoms with E-state index in [0.29, 0.717) is 31.9 Å². The average Bonchev–Trinajstić information content (AvgIpc) is 3.15. The first kappa shape index (κ1) is 18.3. The quantitative estimate of drug-likeness (QED) is 0.635. The molecule has 11 heteroatoms. The highest BCUT2D eigenvalue weighted by Crippen LogP contribution is 2.31. The van der Waals surface area contributed by atoms with Crippen LogP contribution in [-0.2, 0) is 6.18 Å². The number of hydrogen-bond donors (Lipinski definition) is 0. The summed E-state index contributed by atoms with van der Waals surface area (Å²) >= 11 is 0. The minimum atomic E-state index is -4.58. The molecule has 28 heavy (non-hydrogen) atoms. The molecule has 0 spiro atoms. The normalized spacial score (nSPS) is 15.3. The number of ether oxygens (including phenoxy) is 1. The van der Waals surface area contributed by atoms with Crippen LogP contribution in [0.2, 0.25) is 0 Å². The number of aromatic nitrogens is 4. The van der Waals surface area contributed by atoms with Gasteiger partial charge < -0.3 is 14.5 Å². The number of fused-ring (bicyclic) bond motifs is 1. The molecule has 0 N–H and O–H groups in total.